The van der Waals surface area contributed by atoms with Crippen LogP contribution in [0.5, 0.6) is 0 Å². The molecule has 2 rings (SSSR count). The summed E-state index contributed by atoms with van der Waals surface area (Å²) in [5, 5.41) is 3.28. The number of guanidine groups is 1. The first-order valence-corrected chi connectivity index (χ1v) is 8.77. The minimum absolute atomic E-state index is 0.199. The zero-order chi connectivity index (χ0) is 18.9. The number of benzene rings is 1. The number of methoxy groups -OCH3 is 1. The van der Waals surface area contributed by atoms with Gasteiger partial charge in [0.25, 0.3) is 0 Å². The van der Waals surface area contributed by atoms with Gasteiger partial charge < -0.3 is 19.9 Å². The predicted octanol–water partition coefficient (Wildman–Crippen LogP) is 2.01. The summed E-state index contributed by atoms with van der Waals surface area (Å²) in [6, 6.07) is 3.52. The molecule has 6 nitrogen and oxygen atoms in total. The Kier molecular flexibility index (Phi) is 7.62. The van der Waals surface area contributed by atoms with Gasteiger partial charge in [-0.25, -0.2) is 8.78 Å². The van der Waals surface area contributed by atoms with Crippen molar-refractivity contribution < 1.29 is 18.3 Å². The summed E-state index contributed by atoms with van der Waals surface area (Å²) < 4.78 is 31.9. The smallest absolute Gasteiger partial charge is 0.305 e. The minimum atomic E-state index is -0.437. The maximum absolute atomic E-state index is 13.9. The van der Waals surface area contributed by atoms with Crippen molar-refractivity contribution in [1.29, 1.82) is 0 Å². The Labute approximate surface area is 152 Å². The topological polar surface area (TPSA) is 57.2 Å². The first-order valence-electron chi connectivity index (χ1n) is 8.77. The number of rotatable bonds is 6. The third-order valence-corrected chi connectivity index (χ3v) is 4.36. The van der Waals surface area contributed by atoms with E-state index in [1.807, 2.05) is 4.90 Å². The Hall–Kier alpha value is -2.38. The van der Waals surface area contributed by atoms with Crippen molar-refractivity contribution in [3.05, 3.63) is 29.8 Å². The minimum Gasteiger partial charge on any atom is -0.469 e. The summed E-state index contributed by atoms with van der Waals surface area (Å²) in [6.45, 7) is 3.21. The molecule has 8 heteroatoms. The molecule has 1 fully saturated rings. The van der Waals surface area contributed by atoms with Gasteiger partial charge >= 0.3 is 5.97 Å². The van der Waals surface area contributed by atoms with E-state index in [0.29, 0.717) is 44.8 Å². The van der Waals surface area contributed by atoms with Crippen molar-refractivity contribution in [2.75, 3.05) is 51.8 Å². The van der Waals surface area contributed by atoms with E-state index in [0.717, 1.165) is 30.9 Å². The first-order chi connectivity index (χ1) is 12.5. The summed E-state index contributed by atoms with van der Waals surface area (Å²) in [6.07, 6.45) is 2.00. The molecule has 26 heavy (non-hydrogen) atoms. The van der Waals surface area contributed by atoms with Crippen molar-refractivity contribution in [3.8, 4) is 0 Å². The van der Waals surface area contributed by atoms with Gasteiger partial charge in [-0.1, -0.05) is 0 Å². The van der Waals surface area contributed by atoms with E-state index in [4.69, 9.17) is 0 Å². The Bertz CT molecular complexity index is 632. The second kappa shape index (κ2) is 9.94. The highest BCUT2D eigenvalue weighted by molar-refractivity contribution is 5.80. The molecule has 0 aliphatic carbocycles. The third-order valence-electron chi connectivity index (χ3n) is 4.36. The summed E-state index contributed by atoms with van der Waals surface area (Å²) in [7, 11) is 3.10. The second-order valence-electron chi connectivity index (χ2n) is 6.08. The summed E-state index contributed by atoms with van der Waals surface area (Å²) in [5.41, 5.74) is 0.301. The number of hydrogen-bond donors (Lipinski definition) is 1. The number of nitrogens with zero attached hydrogens (tertiary/aromatic N) is 3. The standard InChI is InChI=1S/C18H26F2N4O2/c1-21-18(22-8-4-3-5-17(25)26-2)24-11-9-23(10-12-24)16-13-14(19)6-7-15(16)20/h6-7,13H,3-5,8-12H2,1-2H3,(H,21,22). The molecule has 1 N–H and O–H groups in total. The molecule has 0 unspecified atom stereocenters. The zero-order valence-corrected chi connectivity index (χ0v) is 15.3. The Morgan fingerprint density at radius 1 is 1.23 bits per heavy atom. The molecule has 0 radical (unpaired) electrons. The number of aliphatic imine (C=N–C) groups is 1. The lowest BCUT2D eigenvalue weighted by molar-refractivity contribution is -0.140. The van der Waals surface area contributed by atoms with Crippen LogP contribution in [-0.4, -0.2) is 63.7 Å². The van der Waals surface area contributed by atoms with E-state index in [2.05, 4.69) is 19.9 Å². The van der Waals surface area contributed by atoms with Gasteiger partial charge in [0, 0.05) is 52.3 Å². The van der Waals surface area contributed by atoms with Crippen LogP contribution in [0.4, 0.5) is 14.5 Å². The highest BCUT2D eigenvalue weighted by Gasteiger charge is 2.21. The lowest BCUT2D eigenvalue weighted by atomic mass is 10.2. The van der Waals surface area contributed by atoms with Crippen molar-refractivity contribution in [2.24, 2.45) is 4.99 Å². The van der Waals surface area contributed by atoms with Crippen molar-refractivity contribution in [1.82, 2.24) is 10.2 Å². The lowest BCUT2D eigenvalue weighted by Crippen LogP contribution is -2.52. The van der Waals surface area contributed by atoms with E-state index in [-0.39, 0.29) is 5.97 Å². The first kappa shape index (κ1) is 19.9. The lowest BCUT2D eigenvalue weighted by Gasteiger charge is -2.37. The quantitative estimate of drug-likeness (QED) is 0.360. The number of carbonyl (C=O) groups is 1. The highest BCUT2D eigenvalue weighted by atomic mass is 19.1. The van der Waals surface area contributed by atoms with Gasteiger partial charge in [-0.15, -0.1) is 0 Å². The number of hydrogen-bond acceptors (Lipinski definition) is 4. The summed E-state index contributed by atoms with van der Waals surface area (Å²) in [5.74, 6) is -0.265. The van der Waals surface area contributed by atoms with Gasteiger partial charge in [0.15, 0.2) is 5.96 Å². The highest BCUT2D eigenvalue weighted by Crippen LogP contribution is 2.21. The number of nitrogens with one attached hydrogen (secondary N) is 1. The Morgan fingerprint density at radius 3 is 2.62 bits per heavy atom. The number of anilines is 1. The molecule has 0 amide bonds. The molecular formula is C18H26F2N4O2. The average molecular weight is 368 g/mol. The molecule has 1 aromatic carbocycles. The van der Waals surface area contributed by atoms with E-state index >= 15 is 0 Å². The monoisotopic (exact) mass is 368 g/mol. The number of carbonyl (C=O) groups excluding carboxylic acids is 1. The third kappa shape index (κ3) is 5.57. The van der Waals surface area contributed by atoms with Crippen LogP contribution in [0.3, 0.4) is 0 Å². The molecular weight excluding hydrogens is 342 g/mol. The Balaban J connectivity index is 1.78. The fraction of sp³-hybridized carbons (Fsp3) is 0.556. The van der Waals surface area contributed by atoms with Crippen molar-refractivity contribution in [2.45, 2.75) is 19.3 Å². The number of unbranched alkanes of at least 4 members (excludes halogenated alkanes) is 1. The molecule has 1 aromatic rings. The van der Waals surface area contributed by atoms with Gasteiger partial charge in [-0.05, 0) is 25.0 Å². The van der Waals surface area contributed by atoms with E-state index in [1.54, 1.807) is 7.05 Å². The maximum Gasteiger partial charge on any atom is 0.305 e. The zero-order valence-electron chi connectivity index (χ0n) is 15.3. The SMILES string of the molecule is CN=C(NCCCCC(=O)OC)N1CCN(c2cc(F)ccc2F)CC1. The fourth-order valence-corrected chi connectivity index (χ4v) is 2.92. The van der Waals surface area contributed by atoms with Crippen molar-refractivity contribution >= 4 is 17.6 Å². The van der Waals surface area contributed by atoms with Crippen LogP contribution in [-0.2, 0) is 9.53 Å². The van der Waals surface area contributed by atoms with Crippen LogP contribution >= 0.6 is 0 Å². The molecule has 144 valence electrons. The molecule has 1 aliphatic rings. The second-order valence-corrected chi connectivity index (χ2v) is 6.08. The Morgan fingerprint density at radius 2 is 1.96 bits per heavy atom. The van der Waals surface area contributed by atoms with Gasteiger partial charge in [0.2, 0.25) is 0 Å². The molecule has 1 aliphatic heterocycles. The number of piperazine rings is 1. The van der Waals surface area contributed by atoms with Crippen LogP contribution in [0.25, 0.3) is 0 Å². The van der Waals surface area contributed by atoms with Crippen LogP contribution in [0.15, 0.2) is 23.2 Å². The van der Waals surface area contributed by atoms with Gasteiger partial charge in [0.05, 0.1) is 12.8 Å². The normalized spacial score (nSPS) is 15.2. The van der Waals surface area contributed by atoms with Gasteiger partial charge in [-0.3, -0.25) is 9.79 Å². The molecule has 0 saturated carbocycles. The fourth-order valence-electron chi connectivity index (χ4n) is 2.92. The molecule has 0 aromatic heterocycles. The van der Waals surface area contributed by atoms with E-state index < -0.39 is 11.6 Å². The maximum atomic E-state index is 13.9. The van der Waals surface area contributed by atoms with Crippen molar-refractivity contribution in [3.63, 3.8) is 0 Å². The average Bonchev–Trinajstić information content (AvgIpc) is 2.66. The summed E-state index contributed by atoms with van der Waals surface area (Å²) >= 11 is 0. The molecule has 1 heterocycles. The molecule has 0 spiro atoms. The van der Waals surface area contributed by atoms with Crippen LogP contribution in [0, 0.1) is 11.6 Å². The largest absolute Gasteiger partial charge is 0.469 e. The van der Waals surface area contributed by atoms with Gasteiger partial charge in [-0.2, -0.15) is 0 Å². The molecule has 0 atom stereocenters. The summed E-state index contributed by atoms with van der Waals surface area (Å²) in [4.78, 5) is 19.3. The predicted molar refractivity (Wildman–Crippen MR) is 97.4 cm³/mol. The van der Waals surface area contributed by atoms with Crippen LogP contribution in [0.1, 0.15) is 19.3 Å². The molecule has 0 bridgehead atoms. The number of ether oxygens (including phenoxy) is 1. The van der Waals surface area contributed by atoms with E-state index in [1.165, 1.54) is 13.2 Å². The van der Waals surface area contributed by atoms with Gasteiger partial charge in [0.1, 0.15) is 11.6 Å². The van der Waals surface area contributed by atoms with Crippen LogP contribution in [0.2, 0.25) is 0 Å². The van der Waals surface area contributed by atoms with Crippen LogP contribution < -0.4 is 10.2 Å². The number of halogens is 2. The molecule has 1 saturated heterocycles. The number of esters is 1. The van der Waals surface area contributed by atoms with E-state index in [9.17, 15) is 13.6 Å².